The van der Waals surface area contributed by atoms with Crippen molar-refractivity contribution in [2.45, 2.75) is 36.8 Å². The van der Waals surface area contributed by atoms with E-state index in [4.69, 9.17) is 0 Å². The summed E-state index contributed by atoms with van der Waals surface area (Å²) in [6.45, 7) is 4.59. The fraction of sp³-hybridized carbons (Fsp3) is 0.280. The van der Waals surface area contributed by atoms with Crippen molar-refractivity contribution in [1.82, 2.24) is 14.5 Å². The largest absolute Gasteiger partial charge is 0.333 e. The van der Waals surface area contributed by atoms with E-state index in [2.05, 4.69) is 11.6 Å². The van der Waals surface area contributed by atoms with Crippen molar-refractivity contribution < 1.29 is 17.6 Å². The lowest BCUT2D eigenvalue weighted by molar-refractivity contribution is -0.132. The number of hydrogen-bond acceptors (Lipinski definition) is 4. The van der Waals surface area contributed by atoms with E-state index < -0.39 is 21.4 Å². The Kier molecular flexibility index (Phi) is 6.74. The van der Waals surface area contributed by atoms with Crippen molar-refractivity contribution in [3.8, 4) is 0 Å². The molecule has 8 heteroatoms. The molecule has 6 nitrogen and oxygen atoms in total. The smallest absolute Gasteiger partial charge is 0.228 e. The summed E-state index contributed by atoms with van der Waals surface area (Å²) in [5, 5.41) is -0.137. The lowest BCUT2D eigenvalue weighted by atomic mass is 10.2. The zero-order valence-corrected chi connectivity index (χ0v) is 19.0. The molecule has 2 aromatic carbocycles. The van der Waals surface area contributed by atoms with Gasteiger partial charge >= 0.3 is 0 Å². The molecule has 1 saturated carbocycles. The van der Waals surface area contributed by atoms with Gasteiger partial charge in [0.05, 0.1) is 30.7 Å². The number of aromatic nitrogens is 2. The Morgan fingerprint density at radius 1 is 1.15 bits per heavy atom. The molecule has 1 heterocycles. The normalized spacial score (nSPS) is 13.6. The number of carbonyl (C=O) groups is 1. The van der Waals surface area contributed by atoms with E-state index in [1.165, 1.54) is 24.4 Å². The van der Waals surface area contributed by atoms with Gasteiger partial charge in [-0.2, -0.15) is 0 Å². The first kappa shape index (κ1) is 22.9. The van der Waals surface area contributed by atoms with Gasteiger partial charge in [-0.05, 0) is 24.5 Å². The van der Waals surface area contributed by atoms with Crippen LogP contribution in [0.25, 0.3) is 0 Å². The van der Waals surface area contributed by atoms with Crippen LogP contribution in [0.5, 0.6) is 0 Å². The number of hydrogen-bond donors (Lipinski definition) is 0. The van der Waals surface area contributed by atoms with Crippen LogP contribution in [0.3, 0.4) is 0 Å². The van der Waals surface area contributed by atoms with E-state index in [9.17, 15) is 17.6 Å². The molecular weight excluding hydrogens is 441 g/mol. The molecule has 0 atom stereocenters. The maximum atomic E-state index is 14.2. The zero-order valence-electron chi connectivity index (χ0n) is 18.2. The molecule has 0 N–H and O–H groups in total. The number of rotatable bonds is 10. The fourth-order valence-corrected chi connectivity index (χ4v) is 5.26. The molecule has 1 aliphatic rings. The number of sulfone groups is 1. The summed E-state index contributed by atoms with van der Waals surface area (Å²) in [5.41, 5.74) is 1.58. The van der Waals surface area contributed by atoms with E-state index in [0.717, 1.165) is 18.4 Å². The maximum Gasteiger partial charge on any atom is 0.228 e. The number of nitrogens with zero attached hydrogens (tertiary/aromatic N) is 3. The summed E-state index contributed by atoms with van der Waals surface area (Å²) < 4.78 is 42.4. The van der Waals surface area contributed by atoms with E-state index in [0.29, 0.717) is 12.2 Å². The Morgan fingerprint density at radius 2 is 1.85 bits per heavy atom. The van der Waals surface area contributed by atoms with Crippen LogP contribution in [0.1, 0.15) is 29.7 Å². The van der Waals surface area contributed by atoms with Gasteiger partial charge in [-0.25, -0.2) is 17.8 Å². The Hall–Kier alpha value is -3.26. The molecule has 1 amide bonds. The van der Waals surface area contributed by atoms with Gasteiger partial charge in [-0.1, -0.05) is 54.6 Å². The van der Waals surface area contributed by atoms with Crippen molar-refractivity contribution >= 4 is 15.7 Å². The Morgan fingerprint density at radius 3 is 2.52 bits per heavy atom. The molecule has 0 unspecified atom stereocenters. The van der Waals surface area contributed by atoms with Crippen LogP contribution in [0, 0.1) is 11.7 Å². The highest BCUT2D eigenvalue weighted by Gasteiger charge is 2.34. The van der Waals surface area contributed by atoms with Gasteiger partial charge in [0.15, 0.2) is 0 Å². The van der Waals surface area contributed by atoms with Crippen molar-refractivity contribution in [1.29, 1.82) is 0 Å². The monoisotopic (exact) mass is 467 g/mol. The van der Waals surface area contributed by atoms with Crippen LogP contribution in [-0.4, -0.2) is 35.3 Å². The van der Waals surface area contributed by atoms with Gasteiger partial charge in [-0.15, -0.1) is 6.58 Å². The standard InChI is InChI=1S/C25H26FN3O3S/c1-2-14-28(24(30)20-12-13-20)17-22-15-27-25(29(22)16-19-8-4-3-5-9-19)33(31,32)18-21-10-6-7-11-23(21)26/h2-11,15,20H,1,12-14,16-18H2. The molecule has 0 radical (unpaired) electrons. The van der Waals surface area contributed by atoms with Crippen LogP contribution < -0.4 is 0 Å². The summed E-state index contributed by atoms with van der Waals surface area (Å²) in [5.74, 6) is -1.00. The molecule has 1 fully saturated rings. The predicted octanol–water partition coefficient (Wildman–Crippen LogP) is 3.97. The minimum atomic E-state index is -3.95. The first-order valence-corrected chi connectivity index (χ1v) is 12.5. The van der Waals surface area contributed by atoms with E-state index in [1.807, 2.05) is 30.3 Å². The second-order valence-electron chi connectivity index (χ2n) is 8.24. The highest BCUT2D eigenvalue weighted by Crippen LogP contribution is 2.32. The molecule has 172 valence electrons. The van der Waals surface area contributed by atoms with Crippen LogP contribution >= 0.6 is 0 Å². The van der Waals surface area contributed by atoms with Gasteiger partial charge in [0, 0.05) is 18.0 Å². The minimum Gasteiger partial charge on any atom is -0.333 e. The van der Waals surface area contributed by atoms with Gasteiger partial charge in [0.1, 0.15) is 5.82 Å². The van der Waals surface area contributed by atoms with Crippen molar-refractivity contribution in [3.63, 3.8) is 0 Å². The average Bonchev–Trinajstić information content (AvgIpc) is 3.57. The van der Waals surface area contributed by atoms with Crippen LogP contribution in [-0.2, 0) is 33.5 Å². The van der Waals surface area contributed by atoms with Gasteiger partial charge < -0.3 is 9.47 Å². The van der Waals surface area contributed by atoms with Gasteiger partial charge in [0.25, 0.3) is 0 Å². The summed E-state index contributed by atoms with van der Waals surface area (Å²) in [6.07, 6.45) is 4.90. The first-order chi connectivity index (χ1) is 15.9. The Labute approximate surface area is 193 Å². The number of amides is 1. The molecule has 33 heavy (non-hydrogen) atoms. The SMILES string of the molecule is C=CCN(Cc1cnc(S(=O)(=O)Cc2ccccc2F)n1Cc1ccccc1)C(=O)C1CC1. The Bertz CT molecular complexity index is 1250. The van der Waals surface area contributed by atoms with E-state index in [1.54, 1.807) is 21.6 Å². The van der Waals surface area contributed by atoms with E-state index >= 15 is 0 Å². The lowest BCUT2D eigenvalue weighted by Gasteiger charge is -2.22. The molecule has 0 bridgehead atoms. The number of imidazole rings is 1. The average molecular weight is 468 g/mol. The topological polar surface area (TPSA) is 72.3 Å². The molecule has 1 aliphatic carbocycles. The molecule has 3 aromatic rings. The maximum absolute atomic E-state index is 14.2. The summed E-state index contributed by atoms with van der Waals surface area (Å²) in [6, 6.07) is 15.2. The number of benzene rings is 2. The number of halogens is 1. The van der Waals surface area contributed by atoms with E-state index in [-0.39, 0.29) is 35.6 Å². The van der Waals surface area contributed by atoms with Crippen LogP contribution in [0.2, 0.25) is 0 Å². The second-order valence-corrected chi connectivity index (χ2v) is 10.1. The predicted molar refractivity (Wildman–Crippen MR) is 123 cm³/mol. The number of carbonyl (C=O) groups excluding carboxylic acids is 1. The molecular formula is C25H26FN3O3S. The quantitative estimate of drug-likeness (QED) is 0.423. The van der Waals surface area contributed by atoms with Gasteiger partial charge in [0.2, 0.25) is 20.9 Å². The second kappa shape index (κ2) is 9.70. The zero-order chi connectivity index (χ0) is 23.4. The molecule has 1 aromatic heterocycles. The highest BCUT2D eigenvalue weighted by atomic mass is 32.2. The highest BCUT2D eigenvalue weighted by molar-refractivity contribution is 7.90. The minimum absolute atomic E-state index is 0.0275. The molecule has 0 aliphatic heterocycles. The van der Waals surface area contributed by atoms with Crippen molar-refractivity contribution in [3.05, 3.63) is 96.1 Å². The van der Waals surface area contributed by atoms with Crippen LogP contribution in [0.15, 0.2) is 78.6 Å². The molecule has 0 spiro atoms. The molecule has 0 saturated heterocycles. The third kappa shape index (κ3) is 5.39. The lowest BCUT2D eigenvalue weighted by Crippen LogP contribution is -2.33. The van der Waals surface area contributed by atoms with Crippen molar-refractivity contribution in [2.24, 2.45) is 5.92 Å². The summed E-state index contributed by atoms with van der Waals surface area (Å²) in [4.78, 5) is 18.6. The van der Waals surface area contributed by atoms with Crippen molar-refractivity contribution in [2.75, 3.05) is 6.54 Å². The Balaban J connectivity index is 1.70. The first-order valence-electron chi connectivity index (χ1n) is 10.8. The summed E-state index contributed by atoms with van der Waals surface area (Å²) in [7, 11) is -3.95. The molecule has 4 rings (SSSR count). The summed E-state index contributed by atoms with van der Waals surface area (Å²) >= 11 is 0. The van der Waals surface area contributed by atoms with Gasteiger partial charge in [-0.3, -0.25) is 4.79 Å². The third-order valence-corrected chi connectivity index (χ3v) is 7.18. The fourth-order valence-electron chi connectivity index (χ4n) is 3.76. The van der Waals surface area contributed by atoms with Crippen LogP contribution in [0.4, 0.5) is 4.39 Å². The third-order valence-electron chi connectivity index (χ3n) is 5.61.